The van der Waals surface area contributed by atoms with Crippen molar-refractivity contribution in [1.82, 2.24) is 9.97 Å². The van der Waals surface area contributed by atoms with Crippen LogP contribution in [0.1, 0.15) is 124 Å². The van der Waals surface area contributed by atoms with Crippen molar-refractivity contribution in [3.63, 3.8) is 0 Å². The van der Waals surface area contributed by atoms with Crippen LogP contribution in [-0.2, 0) is 28.6 Å². The summed E-state index contributed by atoms with van der Waals surface area (Å²) >= 11 is 3.31. The summed E-state index contributed by atoms with van der Waals surface area (Å²) in [5.74, 6) is 0.756. The molecule has 4 heterocycles. The van der Waals surface area contributed by atoms with Gasteiger partial charge in [-0.2, -0.15) is 0 Å². The molecule has 4 aromatic rings. The number of benzene rings is 2. The number of aromatic nitrogens is 2. The number of aliphatic imine (C=N–C) groups is 2. The SMILES string of the molecule is CC(C)(C)N=Cc1cccc(Br)n1.CC1CCc2cccc(-c3cccc(C=NC(C)(C)C)n3)c2N1.CC1CCc2cccc(B3OC(C)(C)C(C)(C)O3)c2C1. The molecular formula is C47H63BBrN5O2. The Balaban J connectivity index is 0.000000167. The fourth-order valence-corrected chi connectivity index (χ4v) is 7.11. The van der Waals surface area contributed by atoms with Crippen LogP contribution in [0.25, 0.3) is 11.3 Å². The van der Waals surface area contributed by atoms with Gasteiger partial charge in [-0.05, 0) is 177 Å². The molecule has 0 spiro atoms. The van der Waals surface area contributed by atoms with E-state index in [0.29, 0.717) is 6.04 Å². The number of nitrogens with zero attached hydrogens (tertiary/aromatic N) is 4. The van der Waals surface area contributed by atoms with Crippen molar-refractivity contribution in [3.05, 3.63) is 105 Å². The molecule has 3 aliphatic rings. The summed E-state index contributed by atoms with van der Waals surface area (Å²) in [6.07, 6.45) is 9.60. The topological polar surface area (TPSA) is 81.0 Å². The van der Waals surface area contributed by atoms with Gasteiger partial charge < -0.3 is 14.6 Å². The first-order chi connectivity index (χ1) is 26.2. The molecule has 1 N–H and O–H groups in total. The van der Waals surface area contributed by atoms with E-state index < -0.39 is 0 Å². The van der Waals surface area contributed by atoms with E-state index in [1.165, 1.54) is 52.7 Å². The molecule has 0 bridgehead atoms. The first kappa shape index (κ1) is 43.5. The third-order valence-electron chi connectivity index (χ3n) is 10.6. The number of nitrogens with one attached hydrogen (secondary N) is 1. The molecule has 2 aromatic heterocycles. The highest BCUT2D eigenvalue weighted by Gasteiger charge is 2.52. The number of pyridine rings is 2. The predicted molar refractivity (Wildman–Crippen MR) is 241 cm³/mol. The van der Waals surface area contributed by atoms with Gasteiger partial charge >= 0.3 is 7.12 Å². The van der Waals surface area contributed by atoms with E-state index in [0.717, 1.165) is 40.4 Å². The van der Waals surface area contributed by atoms with Crippen molar-refractivity contribution >= 4 is 46.6 Å². The zero-order chi connectivity index (χ0) is 40.9. The van der Waals surface area contributed by atoms with Gasteiger partial charge in [0, 0.05) is 29.7 Å². The van der Waals surface area contributed by atoms with E-state index in [4.69, 9.17) is 14.3 Å². The molecular weight excluding hydrogens is 757 g/mol. The summed E-state index contributed by atoms with van der Waals surface area (Å²) in [6, 6.07) is 25.5. The zero-order valence-corrected chi connectivity index (χ0v) is 37.4. The Morgan fingerprint density at radius 2 is 1.29 bits per heavy atom. The third-order valence-corrected chi connectivity index (χ3v) is 11.1. The monoisotopic (exact) mass is 819 g/mol. The van der Waals surface area contributed by atoms with Crippen molar-refractivity contribution in [3.8, 4) is 11.3 Å². The molecule has 298 valence electrons. The summed E-state index contributed by atoms with van der Waals surface area (Å²) < 4.78 is 13.3. The van der Waals surface area contributed by atoms with Crippen LogP contribution >= 0.6 is 15.9 Å². The predicted octanol–water partition coefficient (Wildman–Crippen LogP) is 10.9. The molecule has 9 heteroatoms. The lowest BCUT2D eigenvalue weighted by atomic mass is 9.70. The number of anilines is 1. The molecule has 7 rings (SSSR count). The van der Waals surface area contributed by atoms with Crippen LogP contribution in [0.3, 0.4) is 0 Å². The Morgan fingerprint density at radius 1 is 0.732 bits per heavy atom. The number of hydrogen-bond acceptors (Lipinski definition) is 7. The van der Waals surface area contributed by atoms with Crippen molar-refractivity contribution < 1.29 is 9.31 Å². The molecule has 1 aliphatic carbocycles. The lowest BCUT2D eigenvalue weighted by Crippen LogP contribution is -2.41. The average molecular weight is 821 g/mol. The number of para-hydroxylation sites is 1. The van der Waals surface area contributed by atoms with Crippen LogP contribution in [0.4, 0.5) is 5.69 Å². The van der Waals surface area contributed by atoms with Gasteiger partial charge in [-0.25, -0.2) is 9.97 Å². The highest BCUT2D eigenvalue weighted by molar-refractivity contribution is 9.10. The van der Waals surface area contributed by atoms with Crippen LogP contribution < -0.4 is 10.8 Å². The lowest BCUT2D eigenvalue weighted by molar-refractivity contribution is 0.00578. The third kappa shape index (κ3) is 11.9. The van der Waals surface area contributed by atoms with Gasteiger partial charge in [0.05, 0.1) is 39.4 Å². The smallest absolute Gasteiger partial charge is 0.399 e. The largest absolute Gasteiger partial charge is 0.495 e. The van der Waals surface area contributed by atoms with E-state index in [-0.39, 0.29) is 29.4 Å². The lowest BCUT2D eigenvalue weighted by Gasteiger charge is -2.32. The summed E-state index contributed by atoms with van der Waals surface area (Å²) in [4.78, 5) is 18.0. The fourth-order valence-electron chi connectivity index (χ4n) is 6.75. The number of aryl methyl sites for hydroxylation is 2. The Morgan fingerprint density at radius 3 is 1.91 bits per heavy atom. The molecule has 2 aliphatic heterocycles. The van der Waals surface area contributed by atoms with Crippen LogP contribution in [0.5, 0.6) is 0 Å². The average Bonchev–Trinajstić information content (AvgIpc) is 3.35. The molecule has 2 unspecified atom stereocenters. The molecule has 1 fully saturated rings. The second-order valence-electron chi connectivity index (χ2n) is 18.5. The molecule has 0 saturated carbocycles. The fraction of sp³-hybridized carbons (Fsp3) is 0.489. The van der Waals surface area contributed by atoms with Crippen LogP contribution in [0.2, 0.25) is 0 Å². The van der Waals surface area contributed by atoms with Gasteiger partial charge in [0.25, 0.3) is 0 Å². The van der Waals surface area contributed by atoms with Crippen molar-refractivity contribution in [1.29, 1.82) is 0 Å². The molecule has 7 nitrogen and oxygen atoms in total. The highest BCUT2D eigenvalue weighted by atomic mass is 79.9. The number of halogens is 1. The van der Waals surface area contributed by atoms with Crippen molar-refractivity contribution in [2.45, 2.75) is 144 Å². The Hall–Kier alpha value is -3.66. The first-order valence-electron chi connectivity index (χ1n) is 20.2. The molecule has 56 heavy (non-hydrogen) atoms. The first-order valence-corrected chi connectivity index (χ1v) is 21.0. The minimum atomic E-state index is -0.263. The van der Waals surface area contributed by atoms with Gasteiger partial charge in [-0.1, -0.05) is 55.5 Å². The van der Waals surface area contributed by atoms with Crippen LogP contribution in [0, 0.1) is 5.92 Å². The van der Waals surface area contributed by atoms with E-state index in [1.807, 2.05) is 30.5 Å². The van der Waals surface area contributed by atoms with Crippen molar-refractivity contribution in [2.24, 2.45) is 15.9 Å². The standard InChI is InChI=1S/C20H25N3.C17H25BO2.C10H13BrN2/c1-14-11-12-15-7-5-9-17(19(15)22-14)18-10-6-8-16(23-18)13-21-20(2,3)4;1-12-9-10-13-7-6-8-15(14(13)11-12)18-19-16(2,3)17(4,5)20-18;1-10(2,3)12-7-8-5-4-6-9(11)13-8/h5-10,13-14,22H,11-12H2,1-4H3;6-8,12H,9-11H2,1-5H3;4-7H,1-3H3. The minimum absolute atomic E-state index is 0.0377. The quantitative estimate of drug-likeness (QED) is 0.126. The van der Waals surface area contributed by atoms with Crippen LogP contribution in [-0.4, -0.2) is 57.8 Å². The summed E-state index contributed by atoms with van der Waals surface area (Å²) in [5.41, 5.74) is 10.1. The molecule has 2 atom stereocenters. The summed E-state index contributed by atoms with van der Waals surface area (Å²) in [5, 5.41) is 3.63. The van der Waals surface area contributed by atoms with Crippen LogP contribution in [0.15, 0.2) is 87.4 Å². The van der Waals surface area contributed by atoms with Gasteiger partial charge in [-0.3, -0.25) is 9.98 Å². The number of fused-ring (bicyclic) bond motifs is 2. The Kier molecular flexibility index (Phi) is 13.9. The molecule has 1 saturated heterocycles. The van der Waals surface area contributed by atoms with E-state index in [9.17, 15) is 0 Å². The van der Waals surface area contributed by atoms with Gasteiger partial charge in [0.2, 0.25) is 0 Å². The molecule has 0 radical (unpaired) electrons. The second kappa shape index (κ2) is 17.9. The second-order valence-corrected chi connectivity index (χ2v) is 19.3. The maximum atomic E-state index is 6.23. The summed E-state index contributed by atoms with van der Waals surface area (Å²) in [6.45, 7) is 25.5. The number of rotatable bonds is 4. The zero-order valence-electron chi connectivity index (χ0n) is 35.8. The van der Waals surface area contributed by atoms with E-state index in [1.54, 1.807) is 6.21 Å². The van der Waals surface area contributed by atoms with Gasteiger partial charge in [0.15, 0.2) is 0 Å². The minimum Gasteiger partial charge on any atom is -0.399 e. The Labute approximate surface area is 345 Å². The normalized spacial score (nSPS) is 20.0. The maximum Gasteiger partial charge on any atom is 0.495 e. The molecule has 0 amide bonds. The van der Waals surface area contributed by atoms with Gasteiger partial charge in [0.1, 0.15) is 4.60 Å². The van der Waals surface area contributed by atoms with Gasteiger partial charge in [-0.15, -0.1) is 0 Å². The summed E-state index contributed by atoms with van der Waals surface area (Å²) in [7, 11) is -0.222. The highest BCUT2D eigenvalue weighted by Crippen LogP contribution is 2.38. The number of hydrogen-bond donors (Lipinski definition) is 1. The Bertz CT molecular complexity index is 2000. The van der Waals surface area contributed by atoms with E-state index in [2.05, 4.69) is 168 Å². The van der Waals surface area contributed by atoms with Crippen molar-refractivity contribution in [2.75, 3.05) is 5.32 Å². The van der Waals surface area contributed by atoms with E-state index >= 15 is 0 Å². The molecule has 2 aromatic carbocycles. The maximum absolute atomic E-state index is 6.23.